The molecule has 0 amide bonds. The molecule has 0 rings (SSSR count). The van der Waals surface area contributed by atoms with Crippen molar-refractivity contribution in [2.45, 2.75) is 58.3 Å². The molecule has 8 heteroatoms. The summed E-state index contributed by atoms with van der Waals surface area (Å²) in [4.78, 5) is 0. The third-order valence-electron chi connectivity index (χ3n) is 1.83. The standard InChI is InChI=1S/C12H18N3O4P/c1-10(2,7-13)17-20(16,18-11(3,4)8-14)19-12(5,6)9-15/h1-6H3. The van der Waals surface area contributed by atoms with Crippen LogP contribution >= 0.6 is 7.82 Å². The van der Waals surface area contributed by atoms with Crippen molar-refractivity contribution >= 4 is 7.82 Å². The van der Waals surface area contributed by atoms with E-state index < -0.39 is 24.6 Å². The van der Waals surface area contributed by atoms with Crippen LogP contribution in [0.3, 0.4) is 0 Å². The van der Waals surface area contributed by atoms with Crippen LogP contribution in [0.4, 0.5) is 0 Å². The summed E-state index contributed by atoms with van der Waals surface area (Å²) in [7, 11) is -4.30. The molecule has 0 aromatic rings. The van der Waals surface area contributed by atoms with Crippen LogP contribution in [0.15, 0.2) is 0 Å². The molecule has 0 saturated heterocycles. The Hall–Kier alpha value is -1.42. The summed E-state index contributed by atoms with van der Waals surface area (Å²) < 4.78 is 27.9. The predicted octanol–water partition coefficient (Wildman–Crippen LogP) is 3.05. The lowest BCUT2D eigenvalue weighted by atomic mass is 10.2. The molecule has 0 aliphatic heterocycles. The fraction of sp³-hybridized carbons (Fsp3) is 0.750. The Balaban J connectivity index is 5.50. The van der Waals surface area contributed by atoms with Crippen molar-refractivity contribution in [1.82, 2.24) is 0 Å². The maximum absolute atomic E-state index is 12.6. The van der Waals surface area contributed by atoms with Gasteiger partial charge in [-0.1, -0.05) is 0 Å². The van der Waals surface area contributed by atoms with Gasteiger partial charge in [0.15, 0.2) is 16.8 Å². The first-order valence-electron chi connectivity index (χ1n) is 5.76. The predicted molar refractivity (Wildman–Crippen MR) is 69.9 cm³/mol. The van der Waals surface area contributed by atoms with Gasteiger partial charge in [-0.15, -0.1) is 0 Å². The molecule has 110 valence electrons. The number of phosphoric ester groups is 1. The first kappa shape index (κ1) is 18.6. The van der Waals surface area contributed by atoms with Gasteiger partial charge in [0.1, 0.15) is 0 Å². The largest absolute Gasteiger partial charge is 0.479 e. The first-order valence-corrected chi connectivity index (χ1v) is 7.22. The van der Waals surface area contributed by atoms with Crippen LogP contribution in [0.25, 0.3) is 0 Å². The van der Waals surface area contributed by atoms with Gasteiger partial charge in [0, 0.05) is 0 Å². The molecule has 20 heavy (non-hydrogen) atoms. The first-order chi connectivity index (χ1) is 8.80. The quantitative estimate of drug-likeness (QED) is 0.692. The van der Waals surface area contributed by atoms with Gasteiger partial charge in [-0.25, -0.2) is 4.57 Å². The van der Waals surface area contributed by atoms with Gasteiger partial charge in [0.2, 0.25) is 0 Å². The zero-order chi connectivity index (χ0) is 16.2. The molecule has 0 spiro atoms. The van der Waals surface area contributed by atoms with E-state index in [-0.39, 0.29) is 0 Å². The maximum atomic E-state index is 12.6. The van der Waals surface area contributed by atoms with Crippen molar-refractivity contribution in [2.24, 2.45) is 0 Å². The van der Waals surface area contributed by atoms with Gasteiger partial charge in [-0.3, -0.25) is 13.6 Å². The van der Waals surface area contributed by atoms with E-state index in [2.05, 4.69) is 0 Å². The minimum Gasteiger partial charge on any atom is -0.265 e. The highest BCUT2D eigenvalue weighted by atomic mass is 31.2. The van der Waals surface area contributed by atoms with E-state index >= 15 is 0 Å². The van der Waals surface area contributed by atoms with Crippen molar-refractivity contribution in [3.63, 3.8) is 0 Å². The summed E-state index contributed by atoms with van der Waals surface area (Å²) in [6.45, 7) is 8.20. The number of nitrogens with zero attached hydrogens (tertiary/aromatic N) is 3. The van der Waals surface area contributed by atoms with Gasteiger partial charge in [0.05, 0.1) is 18.2 Å². The highest BCUT2D eigenvalue weighted by molar-refractivity contribution is 7.48. The summed E-state index contributed by atoms with van der Waals surface area (Å²) in [6, 6.07) is 5.35. The molecule has 0 radical (unpaired) electrons. The van der Waals surface area contributed by atoms with Crippen LogP contribution in [0.2, 0.25) is 0 Å². The van der Waals surface area contributed by atoms with Crippen LogP contribution in [-0.4, -0.2) is 16.8 Å². The average molecular weight is 299 g/mol. The highest BCUT2D eigenvalue weighted by Gasteiger charge is 2.44. The van der Waals surface area contributed by atoms with Gasteiger partial charge in [0.25, 0.3) is 0 Å². The number of rotatable bonds is 6. The molecule has 0 unspecified atom stereocenters. The van der Waals surface area contributed by atoms with E-state index in [1.165, 1.54) is 41.5 Å². The summed E-state index contributed by atoms with van der Waals surface area (Å²) in [6.07, 6.45) is 0. The van der Waals surface area contributed by atoms with E-state index in [0.717, 1.165) is 0 Å². The molecular weight excluding hydrogens is 281 g/mol. The number of phosphoric acid groups is 1. The molecule has 0 N–H and O–H groups in total. The second-order valence-electron chi connectivity index (χ2n) is 5.59. The van der Waals surface area contributed by atoms with Crippen molar-refractivity contribution in [3.05, 3.63) is 0 Å². The fourth-order valence-corrected chi connectivity index (χ4v) is 2.87. The molecule has 0 aliphatic carbocycles. The zero-order valence-electron chi connectivity index (χ0n) is 12.4. The third-order valence-corrected chi connectivity index (χ3v) is 3.87. The Bertz CT molecular complexity index is 458. The van der Waals surface area contributed by atoms with E-state index in [1.54, 1.807) is 18.2 Å². The zero-order valence-corrected chi connectivity index (χ0v) is 13.3. The Labute approximate surface area is 119 Å². The SMILES string of the molecule is CC(C)(C#N)OP(=O)(OC(C)(C)C#N)OC(C)(C)C#N. The lowest BCUT2D eigenvalue weighted by Gasteiger charge is -2.31. The fourth-order valence-electron chi connectivity index (χ4n) is 0.956. The lowest BCUT2D eigenvalue weighted by Crippen LogP contribution is -2.30. The second kappa shape index (κ2) is 5.92. The summed E-state index contributed by atoms with van der Waals surface area (Å²) in [5.74, 6) is 0. The van der Waals surface area contributed by atoms with Crippen LogP contribution in [0.5, 0.6) is 0 Å². The van der Waals surface area contributed by atoms with Crippen molar-refractivity contribution in [1.29, 1.82) is 15.8 Å². The number of hydrogen-bond acceptors (Lipinski definition) is 7. The molecule has 0 aromatic heterocycles. The molecule has 0 aromatic carbocycles. The molecule has 0 fully saturated rings. The van der Waals surface area contributed by atoms with Gasteiger partial charge >= 0.3 is 7.82 Å². The Kier molecular flexibility index (Phi) is 5.50. The minimum absolute atomic E-state index is 1.37. The minimum atomic E-state index is -4.30. The molecule has 0 aliphatic rings. The number of nitriles is 3. The summed E-state index contributed by atoms with van der Waals surface area (Å²) in [5, 5.41) is 26.8. The highest BCUT2D eigenvalue weighted by Crippen LogP contribution is 2.57. The molecule has 0 bridgehead atoms. The summed E-state index contributed by atoms with van der Waals surface area (Å²) >= 11 is 0. The van der Waals surface area contributed by atoms with Crippen molar-refractivity contribution in [2.75, 3.05) is 0 Å². The van der Waals surface area contributed by atoms with Gasteiger partial charge in [-0.2, -0.15) is 15.8 Å². The molecule has 0 saturated carbocycles. The lowest BCUT2D eigenvalue weighted by molar-refractivity contribution is 0.00176. The second-order valence-corrected chi connectivity index (χ2v) is 7.03. The third kappa shape index (κ3) is 6.15. The molecule has 0 heterocycles. The maximum Gasteiger partial charge on any atom is 0.479 e. The van der Waals surface area contributed by atoms with Gasteiger partial charge < -0.3 is 0 Å². The van der Waals surface area contributed by atoms with E-state index in [1.807, 2.05) is 0 Å². The molecular formula is C12H18N3O4P. The molecule has 7 nitrogen and oxygen atoms in total. The smallest absolute Gasteiger partial charge is 0.265 e. The van der Waals surface area contributed by atoms with Crippen LogP contribution < -0.4 is 0 Å². The van der Waals surface area contributed by atoms with Crippen molar-refractivity contribution < 1.29 is 18.1 Å². The Morgan fingerprint density at radius 2 is 0.900 bits per heavy atom. The summed E-state index contributed by atoms with van der Waals surface area (Å²) in [5.41, 5.74) is -4.40. The van der Waals surface area contributed by atoms with E-state index in [0.29, 0.717) is 0 Å². The average Bonchev–Trinajstić information content (AvgIpc) is 2.26. The van der Waals surface area contributed by atoms with Crippen molar-refractivity contribution in [3.8, 4) is 18.2 Å². The Morgan fingerprint density at radius 1 is 0.700 bits per heavy atom. The normalized spacial score (nSPS) is 13.2. The van der Waals surface area contributed by atoms with E-state index in [4.69, 9.17) is 29.4 Å². The van der Waals surface area contributed by atoms with Crippen LogP contribution in [0.1, 0.15) is 41.5 Å². The molecule has 0 atom stereocenters. The number of hydrogen-bond donors (Lipinski definition) is 0. The van der Waals surface area contributed by atoms with E-state index in [9.17, 15) is 4.57 Å². The monoisotopic (exact) mass is 299 g/mol. The van der Waals surface area contributed by atoms with Crippen LogP contribution in [-0.2, 0) is 18.1 Å². The van der Waals surface area contributed by atoms with Gasteiger partial charge in [-0.05, 0) is 41.5 Å². The van der Waals surface area contributed by atoms with Crippen LogP contribution in [0, 0.1) is 34.0 Å². The topological polar surface area (TPSA) is 116 Å². The Morgan fingerprint density at radius 3 is 1.05 bits per heavy atom.